The zero-order valence-corrected chi connectivity index (χ0v) is 18.9. The number of amides is 1. The topological polar surface area (TPSA) is 92.7 Å². The van der Waals surface area contributed by atoms with E-state index in [0.717, 1.165) is 42.7 Å². The molecule has 4 saturated carbocycles. The van der Waals surface area contributed by atoms with Crippen molar-refractivity contribution >= 4 is 28.7 Å². The van der Waals surface area contributed by atoms with Gasteiger partial charge in [0.05, 0.1) is 17.1 Å². The Hall–Kier alpha value is -2.61. The number of carbonyl (C=O) groups is 1. The first-order chi connectivity index (χ1) is 15.5. The normalized spacial score (nSPS) is 29.3. The summed E-state index contributed by atoms with van der Waals surface area (Å²) in [5, 5.41) is 8.30. The van der Waals surface area contributed by atoms with Crippen LogP contribution in [0.4, 0.5) is 0 Å². The van der Waals surface area contributed by atoms with Crippen LogP contribution in [0.15, 0.2) is 46.5 Å². The van der Waals surface area contributed by atoms with Gasteiger partial charge in [0, 0.05) is 5.54 Å². The van der Waals surface area contributed by atoms with E-state index in [1.165, 1.54) is 37.2 Å². The molecule has 0 radical (unpaired) electrons. The highest BCUT2D eigenvalue weighted by Gasteiger charge is 2.51. The molecule has 3 aromatic rings. The molecule has 1 aromatic carbocycles. The van der Waals surface area contributed by atoms with Gasteiger partial charge in [0.1, 0.15) is 5.39 Å². The Balaban J connectivity index is 1.22. The van der Waals surface area contributed by atoms with E-state index in [1.54, 1.807) is 4.68 Å². The quantitative estimate of drug-likeness (QED) is 0.458. The third-order valence-corrected chi connectivity index (χ3v) is 8.49. The minimum Gasteiger partial charge on any atom is -0.350 e. The molecule has 32 heavy (non-hydrogen) atoms. The van der Waals surface area contributed by atoms with Gasteiger partial charge in [-0.1, -0.05) is 30.0 Å². The summed E-state index contributed by atoms with van der Waals surface area (Å²) >= 11 is 1.30. The molecule has 2 aromatic heterocycles. The molecule has 166 valence electrons. The number of hydrogen-bond donors (Lipinski definition) is 2. The molecule has 2 heterocycles. The number of rotatable bonds is 5. The number of carbonyl (C=O) groups excluding carboxylic acids is 1. The van der Waals surface area contributed by atoms with Gasteiger partial charge in [-0.05, 0) is 75.3 Å². The van der Waals surface area contributed by atoms with Crippen LogP contribution in [0, 0.1) is 17.8 Å². The molecule has 4 aliphatic carbocycles. The summed E-state index contributed by atoms with van der Waals surface area (Å²) < 4.78 is 1.66. The molecule has 4 aliphatic rings. The van der Waals surface area contributed by atoms with Gasteiger partial charge in [0.25, 0.3) is 5.56 Å². The second-order valence-corrected chi connectivity index (χ2v) is 11.3. The lowest BCUT2D eigenvalue weighted by atomic mass is 9.53. The zero-order chi connectivity index (χ0) is 21.9. The predicted octanol–water partition coefficient (Wildman–Crippen LogP) is 3.67. The van der Waals surface area contributed by atoms with Crippen LogP contribution in [0.25, 0.3) is 16.7 Å². The Bertz CT molecular complexity index is 1200. The SMILES string of the molecule is C[C@H](Sc1nc2c(cnn2-c2ccccc2)c(=O)[nH]1)C(=O)NC12CC3CC(CC(C3)C1)C2. The summed E-state index contributed by atoms with van der Waals surface area (Å²) in [7, 11) is 0. The van der Waals surface area contributed by atoms with Crippen LogP contribution < -0.4 is 10.9 Å². The average molecular weight is 450 g/mol. The van der Waals surface area contributed by atoms with Crippen molar-refractivity contribution in [3.63, 3.8) is 0 Å². The highest BCUT2D eigenvalue weighted by Crippen LogP contribution is 2.55. The third kappa shape index (κ3) is 3.45. The molecular formula is C24H27N5O2S. The number of nitrogens with zero attached hydrogens (tertiary/aromatic N) is 3. The molecule has 1 amide bonds. The van der Waals surface area contributed by atoms with Crippen molar-refractivity contribution in [3.05, 3.63) is 46.9 Å². The Labute approximate surface area is 190 Å². The van der Waals surface area contributed by atoms with E-state index in [-0.39, 0.29) is 22.3 Å². The standard InChI is InChI=1S/C24H27N5O2S/c1-14(21(30)28-24-10-15-7-16(11-24)9-17(8-15)12-24)32-23-26-20-19(22(31)27-23)13-25-29(20)18-5-3-2-4-6-18/h2-6,13-17H,7-12H2,1H3,(H,28,30)(H,26,27,31)/t14-,15?,16?,17?,24?/m0/s1. The summed E-state index contributed by atoms with van der Waals surface area (Å²) in [6.45, 7) is 1.89. The van der Waals surface area contributed by atoms with Gasteiger partial charge in [-0.3, -0.25) is 9.59 Å². The van der Waals surface area contributed by atoms with E-state index in [9.17, 15) is 9.59 Å². The van der Waals surface area contributed by atoms with Crippen molar-refractivity contribution in [1.29, 1.82) is 0 Å². The largest absolute Gasteiger partial charge is 0.350 e. The fraction of sp³-hybridized carbons (Fsp3) is 0.500. The van der Waals surface area contributed by atoms with E-state index in [1.807, 2.05) is 37.3 Å². The minimum atomic E-state index is -0.350. The van der Waals surface area contributed by atoms with Crippen molar-refractivity contribution in [2.24, 2.45) is 17.8 Å². The van der Waals surface area contributed by atoms with E-state index in [2.05, 4.69) is 20.4 Å². The van der Waals surface area contributed by atoms with Gasteiger partial charge >= 0.3 is 0 Å². The van der Waals surface area contributed by atoms with Crippen LogP contribution >= 0.6 is 11.8 Å². The Morgan fingerprint density at radius 3 is 2.47 bits per heavy atom. The van der Waals surface area contributed by atoms with Gasteiger partial charge in [-0.15, -0.1) is 0 Å². The molecular weight excluding hydrogens is 422 g/mol. The lowest BCUT2D eigenvalue weighted by Crippen LogP contribution is -2.60. The Morgan fingerprint density at radius 2 is 1.81 bits per heavy atom. The van der Waals surface area contributed by atoms with Crippen molar-refractivity contribution in [1.82, 2.24) is 25.1 Å². The highest BCUT2D eigenvalue weighted by molar-refractivity contribution is 8.00. The molecule has 8 heteroatoms. The number of nitrogens with one attached hydrogen (secondary N) is 2. The number of thioether (sulfide) groups is 1. The number of aromatic nitrogens is 4. The molecule has 0 saturated heterocycles. The van der Waals surface area contributed by atoms with Crippen LogP contribution in [0.1, 0.15) is 45.4 Å². The summed E-state index contributed by atoms with van der Waals surface area (Å²) in [6.07, 6.45) is 8.95. The van der Waals surface area contributed by atoms with Gasteiger partial charge in [0.15, 0.2) is 10.8 Å². The Kier molecular flexibility index (Phi) is 4.68. The molecule has 0 unspecified atom stereocenters. The highest BCUT2D eigenvalue weighted by atomic mass is 32.2. The second-order valence-electron chi connectivity index (χ2n) is 9.95. The van der Waals surface area contributed by atoms with E-state index in [0.29, 0.717) is 16.2 Å². The fourth-order valence-electron chi connectivity index (χ4n) is 6.56. The summed E-state index contributed by atoms with van der Waals surface area (Å²) in [5.74, 6) is 2.38. The fourth-order valence-corrected chi connectivity index (χ4v) is 7.35. The van der Waals surface area contributed by atoms with Crippen molar-refractivity contribution in [2.75, 3.05) is 0 Å². The monoisotopic (exact) mass is 449 g/mol. The molecule has 4 fully saturated rings. The maximum Gasteiger partial charge on any atom is 0.262 e. The molecule has 0 spiro atoms. The number of H-pyrrole nitrogens is 1. The summed E-state index contributed by atoms with van der Waals surface area (Å²) in [4.78, 5) is 33.3. The van der Waals surface area contributed by atoms with E-state index in [4.69, 9.17) is 0 Å². The van der Waals surface area contributed by atoms with Crippen LogP contribution in [-0.4, -0.2) is 36.4 Å². The number of aromatic amines is 1. The van der Waals surface area contributed by atoms with E-state index < -0.39 is 0 Å². The molecule has 7 rings (SSSR count). The maximum absolute atomic E-state index is 13.1. The number of fused-ring (bicyclic) bond motifs is 1. The molecule has 4 bridgehead atoms. The molecule has 0 aliphatic heterocycles. The summed E-state index contributed by atoms with van der Waals surface area (Å²) in [6, 6.07) is 9.61. The first-order valence-electron chi connectivity index (χ1n) is 11.5. The van der Waals surface area contributed by atoms with Crippen LogP contribution in [0.2, 0.25) is 0 Å². The number of hydrogen-bond acceptors (Lipinski definition) is 5. The average Bonchev–Trinajstić information content (AvgIpc) is 3.17. The zero-order valence-electron chi connectivity index (χ0n) is 18.1. The first kappa shape index (κ1) is 20.0. The maximum atomic E-state index is 13.1. The lowest BCUT2D eigenvalue weighted by molar-refractivity contribution is -0.126. The van der Waals surface area contributed by atoms with Crippen LogP contribution in [0.5, 0.6) is 0 Å². The smallest absolute Gasteiger partial charge is 0.262 e. The van der Waals surface area contributed by atoms with Gasteiger partial charge in [0.2, 0.25) is 5.91 Å². The van der Waals surface area contributed by atoms with Crippen LogP contribution in [0.3, 0.4) is 0 Å². The Morgan fingerprint density at radius 1 is 1.16 bits per heavy atom. The minimum absolute atomic E-state index is 0.0165. The number of para-hydroxylation sites is 1. The van der Waals surface area contributed by atoms with Crippen molar-refractivity contribution < 1.29 is 4.79 Å². The predicted molar refractivity (Wildman–Crippen MR) is 124 cm³/mol. The van der Waals surface area contributed by atoms with Gasteiger partial charge in [-0.2, -0.15) is 5.10 Å². The van der Waals surface area contributed by atoms with E-state index >= 15 is 0 Å². The second kappa shape index (κ2) is 7.47. The van der Waals surface area contributed by atoms with Gasteiger partial charge in [-0.25, -0.2) is 9.67 Å². The first-order valence-corrected chi connectivity index (χ1v) is 12.4. The molecule has 7 nitrogen and oxygen atoms in total. The molecule has 1 atom stereocenters. The molecule has 2 N–H and O–H groups in total. The summed E-state index contributed by atoms with van der Waals surface area (Å²) in [5.41, 5.74) is 1.07. The number of benzene rings is 1. The van der Waals surface area contributed by atoms with Gasteiger partial charge < -0.3 is 10.3 Å². The third-order valence-electron chi connectivity index (χ3n) is 7.50. The van der Waals surface area contributed by atoms with Crippen LogP contribution in [-0.2, 0) is 4.79 Å². The lowest BCUT2D eigenvalue weighted by Gasteiger charge is -2.57. The van der Waals surface area contributed by atoms with Crippen molar-refractivity contribution in [2.45, 2.75) is 61.4 Å². The van der Waals surface area contributed by atoms with Crippen molar-refractivity contribution in [3.8, 4) is 5.69 Å².